The highest BCUT2D eigenvalue weighted by atomic mass is 35.5. The number of thiazole rings is 1. The molecule has 1 amide bonds. The van der Waals surface area contributed by atoms with Crippen LogP contribution in [0.5, 0.6) is 0 Å². The molecule has 3 heterocycles. The number of likely N-dealkylation sites (tertiary alicyclic amines) is 1. The number of nitrogens with zero attached hydrogens (tertiary/aromatic N) is 3. The molecule has 0 bridgehead atoms. The van der Waals surface area contributed by atoms with Gasteiger partial charge in [-0.25, -0.2) is 4.98 Å². The number of piperidine rings is 1. The molecule has 0 saturated carbocycles. The number of aryl methyl sites for hydroxylation is 2. The van der Waals surface area contributed by atoms with E-state index in [1.807, 2.05) is 67.5 Å². The van der Waals surface area contributed by atoms with Crippen LogP contribution in [0.4, 0.5) is 0 Å². The van der Waals surface area contributed by atoms with Crippen molar-refractivity contribution < 1.29 is 4.79 Å². The number of carbonyl (C=O) groups is 1. The summed E-state index contributed by atoms with van der Waals surface area (Å²) in [5.41, 5.74) is 7.02. The molecular formula is C33H34ClN3O2S. The van der Waals surface area contributed by atoms with Gasteiger partial charge in [-0.2, -0.15) is 0 Å². The van der Waals surface area contributed by atoms with E-state index in [0.717, 1.165) is 72.4 Å². The molecule has 206 valence electrons. The highest BCUT2D eigenvalue weighted by molar-refractivity contribution is 7.13. The molecule has 40 heavy (non-hydrogen) atoms. The molecule has 1 fully saturated rings. The Balaban J connectivity index is 1.79. The lowest BCUT2D eigenvalue weighted by Crippen LogP contribution is -2.37. The van der Waals surface area contributed by atoms with Gasteiger partial charge in [0.25, 0.3) is 11.5 Å². The largest absolute Gasteiger partial charge is 0.339 e. The summed E-state index contributed by atoms with van der Waals surface area (Å²) in [4.78, 5) is 35.4. The average molecular weight is 572 g/mol. The van der Waals surface area contributed by atoms with Crippen molar-refractivity contribution in [3.63, 3.8) is 0 Å². The molecular weight excluding hydrogens is 538 g/mol. The van der Waals surface area contributed by atoms with E-state index in [1.54, 1.807) is 10.6 Å². The summed E-state index contributed by atoms with van der Waals surface area (Å²) < 4.78 is 1.74. The Morgan fingerprint density at radius 3 is 2.45 bits per heavy atom. The molecule has 0 N–H and O–H groups in total. The predicted molar refractivity (Wildman–Crippen MR) is 167 cm³/mol. The molecule has 4 aromatic rings. The molecule has 0 atom stereocenters. The van der Waals surface area contributed by atoms with Gasteiger partial charge >= 0.3 is 0 Å². The highest BCUT2D eigenvalue weighted by Crippen LogP contribution is 2.31. The van der Waals surface area contributed by atoms with Crippen LogP contribution in [0.2, 0.25) is 5.02 Å². The predicted octanol–water partition coefficient (Wildman–Crippen LogP) is 8.20. The molecule has 0 radical (unpaired) electrons. The van der Waals surface area contributed by atoms with Crippen LogP contribution >= 0.6 is 22.9 Å². The van der Waals surface area contributed by atoms with Crippen LogP contribution < -0.4 is 5.56 Å². The summed E-state index contributed by atoms with van der Waals surface area (Å²) in [6.45, 7) is 9.55. The molecule has 0 spiro atoms. The van der Waals surface area contributed by atoms with Crippen molar-refractivity contribution in [1.82, 2.24) is 14.5 Å². The standard InChI is InChI=1S/C33H34ClN3O2S/c1-5-23-10-9-22(4)18-29(23)37-30(17-21(2)3)26(32(38)36-15-7-6-8-16-36)19-27(33(37)39)31-35-28(20-40-31)24-11-13-25(34)14-12-24/h9-14,17-20H,5-8,15-16H2,1-4H3. The van der Waals surface area contributed by atoms with E-state index in [0.29, 0.717) is 26.9 Å². The van der Waals surface area contributed by atoms with Crippen molar-refractivity contribution >= 4 is 34.9 Å². The molecule has 2 aromatic heterocycles. The van der Waals surface area contributed by atoms with Crippen molar-refractivity contribution in [3.8, 4) is 27.5 Å². The number of allylic oxidation sites excluding steroid dienone is 1. The number of amides is 1. The third-order valence-corrected chi connectivity index (χ3v) is 8.40. The van der Waals surface area contributed by atoms with E-state index >= 15 is 0 Å². The number of hydrogen-bond donors (Lipinski definition) is 0. The second-order valence-corrected chi connectivity index (χ2v) is 11.9. The smallest absolute Gasteiger partial charge is 0.265 e. The Kier molecular flexibility index (Phi) is 8.38. The molecule has 0 aliphatic carbocycles. The van der Waals surface area contributed by atoms with Gasteiger partial charge < -0.3 is 4.90 Å². The number of halogens is 1. The van der Waals surface area contributed by atoms with Gasteiger partial charge in [0.05, 0.1) is 28.2 Å². The molecule has 1 aliphatic heterocycles. The monoisotopic (exact) mass is 571 g/mol. The molecule has 0 unspecified atom stereocenters. The van der Waals surface area contributed by atoms with Crippen molar-refractivity contribution in [2.45, 2.75) is 53.4 Å². The van der Waals surface area contributed by atoms with Crippen LogP contribution in [-0.4, -0.2) is 33.4 Å². The normalized spacial score (nSPS) is 13.4. The Hall–Kier alpha value is -3.48. The van der Waals surface area contributed by atoms with E-state index in [1.165, 1.54) is 11.3 Å². The van der Waals surface area contributed by atoms with Crippen LogP contribution in [0.15, 0.2) is 64.3 Å². The second kappa shape index (κ2) is 11.9. The zero-order valence-electron chi connectivity index (χ0n) is 23.5. The third kappa shape index (κ3) is 5.70. The fourth-order valence-corrected chi connectivity index (χ4v) is 6.17. The number of hydrogen-bond acceptors (Lipinski definition) is 4. The van der Waals surface area contributed by atoms with E-state index in [-0.39, 0.29) is 11.5 Å². The molecule has 5 nitrogen and oxygen atoms in total. The quantitative estimate of drug-likeness (QED) is 0.234. The summed E-state index contributed by atoms with van der Waals surface area (Å²) in [5, 5.41) is 3.19. The van der Waals surface area contributed by atoms with Gasteiger partial charge in [0.1, 0.15) is 5.01 Å². The van der Waals surface area contributed by atoms with Crippen LogP contribution in [-0.2, 0) is 6.42 Å². The van der Waals surface area contributed by atoms with Crippen LogP contribution in [0, 0.1) is 6.92 Å². The van der Waals surface area contributed by atoms with Gasteiger partial charge in [-0.15, -0.1) is 11.3 Å². The molecule has 1 saturated heterocycles. The van der Waals surface area contributed by atoms with Gasteiger partial charge in [0.15, 0.2) is 0 Å². The number of pyridine rings is 1. The zero-order valence-corrected chi connectivity index (χ0v) is 25.0. The van der Waals surface area contributed by atoms with E-state index in [2.05, 4.69) is 19.1 Å². The minimum absolute atomic E-state index is 0.0395. The minimum Gasteiger partial charge on any atom is -0.339 e. The van der Waals surface area contributed by atoms with Gasteiger partial charge in [-0.1, -0.05) is 48.4 Å². The number of aromatic nitrogens is 2. The van der Waals surface area contributed by atoms with E-state index in [4.69, 9.17) is 16.6 Å². The molecule has 1 aliphatic rings. The van der Waals surface area contributed by atoms with Gasteiger partial charge in [0, 0.05) is 29.1 Å². The SMILES string of the molecule is CCc1ccc(C)cc1-n1c(C=C(C)C)c(C(=O)N2CCCCC2)cc(-c2nc(-c3ccc(Cl)cc3)cs2)c1=O. The van der Waals surface area contributed by atoms with Gasteiger partial charge in [-0.3, -0.25) is 14.2 Å². The zero-order chi connectivity index (χ0) is 28.4. The lowest BCUT2D eigenvalue weighted by Gasteiger charge is -2.28. The first-order chi connectivity index (χ1) is 19.3. The van der Waals surface area contributed by atoms with Crippen LogP contribution in [0.25, 0.3) is 33.6 Å². The first-order valence-corrected chi connectivity index (χ1v) is 15.1. The van der Waals surface area contributed by atoms with E-state index < -0.39 is 0 Å². The maximum Gasteiger partial charge on any atom is 0.265 e. The first kappa shape index (κ1) is 28.1. The highest BCUT2D eigenvalue weighted by Gasteiger charge is 2.27. The maximum atomic E-state index is 14.5. The summed E-state index contributed by atoms with van der Waals surface area (Å²) in [6, 6.07) is 15.5. The second-order valence-electron chi connectivity index (χ2n) is 10.6. The summed E-state index contributed by atoms with van der Waals surface area (Å²) in [7, 11) is 0. The number of rotatable bonds is 6. The number of benzene rings is 2. The van der Waals surface area contributed by atoms with Crippen LogP contribution in [0.3, 0.4) is 0 Å². The lowest BCUT2D eigenvalue weighted by atomic mass is 10.0. The fraction of sp³-hybridized carbons (Fsp3) is 0.303. The summed E-state index contributed by atoms with van der Waals surface area (Å²) >= 11 is 7.50. The topological polar surface area (TPSA) is 55.2 Å². The summed E-state index contributed by atoms with van der Waals surface area (Å²) in [6.07, 6.45) is 5.83. The fourth-order valence-electron chi connectivity index (χ4n) is 5.21. The van der Waals surface area contributed by atoms with Crippen molar-refractivity contribution in [2.75, 3.05) is 13.1 Å². The van der Waals surface area contributed by atoms with Crippen molar-refractivity contribution in [1.29, 1.82) is 0 Å². The lowest BCUT2D eigenvalue weighted by molar-refractivity contribution is 0.0723. The molecule has 7 heteroatoms. The third-order valence-electron chi connectivity index (χ3n) is 7.28. The van der Waals surface area contributed by atoms with Gasteiger partial charge in [-0.05, 0) is 87.9 Å². The average Bonchev–Trinajstić information content (AvgIpc) is 3.43. The number of carbonyl (C=O) groups excluding carboxylic acids is 1. The van der Waals surface area contributed by atoms with Crippen LogP contribution in [0.1, 0.15) is 67.2 Å². The molecule has 5 rings (SSSR count). The Bertz CT molecular complexity index is 1640. The minimum atomic E-state index is -0.181. The van der Waals surface area contributed by atoms with Crippen molar-refractivity contribution in [3.05, 3.63) is 97.2 Å². The first-order valence-electron chi connectivity index (χ1n) is 13.8. The Labute approximate surface area is 244 Å². The van der Waals surface area contributed by atoms with E-state index in [9.17, 15) is 9.59 Å². The maximum absolute atomic E-state index is 14.5. The van der Waals surface area contributed by atoms with Crippen molar-refractivity contribution in [2.24, 2.45) is 0 Å². The van der Waals surface area contributed by atoms with Gasteiger partial charge in [0.2, 0.25) is 0 Å². The Morgan fingerprint density at radius 1 is 1.05 bits per heavy atom. The Morgan fingerprint density at radius 2 is 1.77 bits per heavy atom. The molecule has 2 aromatic carbocycles. The summed E-state index contributed by atoms with van der Waals surface area (Å²) in [5.74, 6) is -0.0395.